The molecule has 266 valence electrons. The summed E-state index contributed by atoms with van der Waals surface area (Å²) in [6.45, 7) is 8.84. The number of hydrogen-bond donors (Lipinski definition) is 2. The molecule has 4 rings (SSSR count). The van der Waals surface area contributed by atoms with Crippen molar-refractivity contribution in [3.05, 3.63) is 109 Å². The number of nitro benzene ring substituents is 3. The minimum atomic E-state index is -0.799. The van der Waals surface area contributed by atoms with E-state index in [1.807, 2.05) is 0 Å². The lowest BCUT2D eigenvalue weighted by Crippen LogP contribution is -2.23. The first-order valence-corrected chi connectivity index (χ1v) is 14.9. The summed E-state index contributed by atoms with van der Waals surface area (Å²) in [7, 11) is 0. The zero-order valence-electron chi connectivity index (χ0n) is 26.8. The molecule has 1 heterocycles. The Morgan fingerprint density at radius 3 is 1.29 bits per heavy atom. The molecule has 0 amide bonds. The van der Waals surface area contributed by atoms with Crippen LogP contribution in [0.15, 0.2) is 72.8 Å². The molecule has 0 bridgehead atoms. The number of halogens is 1. The van der Waals surface area contributed by atoms with Crippen molar-refractivity contribution in [2.24, 2.45) is 0 Å². The minimum Gasteiger partial charge on any atom is -0.484 e. The summed E-state index contributed by atoms with van der Waals surface area (Å²) in [5.41, 5.74) is -0.703. The molecule has 0 radical (unpaired) electrons. The first-order chi connectivity index (χ1) is 22.2. The van der Waals surface area contributed by atoms with Crippen molar-refractivity contribution in [3.8, 4) is 11.5 Å². The molecule has 15 heteroatoms. The van der Waals surface area contributed by atoms with E-state index in [9.17, 15) is 34.7 Å². The summed E-state index contributed by atoms with van der Waals surface area (Å²) >= 11 is 0. The molecule has 1 aliphatic heterocycles. The zero-order chi connectivity index (χ0) is 35.4. The summed E-state index contributed by atoms with van der Waals surface area (Å²) in [6, 6.07) is 17.2. The molecule has 3 aromatic carbocycles. The summed E-state index contributed by atoms with van der Waals surface area (Å²) < 4.78 is 28.6. The van der Waals surface area contributed by atoms with Crippen molar-refractivity contribution in [2.45, 2.75) is 85.2 Å². The molecule has 4 atom stereocenters. The van der Waals surface area contributed by atoms with E-state index in [1.165, 1.54) is 49.2 Å². The lowest BCUT2D eigenvalue weighted by molar-refractivity contribution is -0.387. The Hall–Kier alpha value is -4.73. The second kappa shape index (κ2) is 23.6. The average Bonchev–Trinajstić information content (AvgIpc) is 3.58. The second-order valence-corrected chi connectivity index (χ2v) is 10.5. The average molecular weight is 680 g/mol. The lowest BCUT2D eigenvalue weighted by atomic mass is 10.2. The highest BCUT2D eigenvalue weighted by Crippen LogP contribution is 2.29. The predicted molar refractivity (Wildman–Crippen MR) is 179 cm³/mol. The first kappa shape index (κ1) is 43.3. The van der Waals surface area contributed by atoms with Crippen molar-refractivity contribution in [1.29, 1.82) is 0 Å². The van der Waals surface area contributed by atoms with Gasteiger partial charge in [0.15, 0.2) is 11.5 Å². The Kier molecular flexibility index (Phi) is 21.2. The van der Waals surface area contributed by atoms with Crippen LogP contribution in [0.3, 0.4) is 0 Å². The summed E-state index contributed by atoms with van der Waals surface area (Å²) in [4.78, 5) is 30.2. The van der Waals surface area contributed by atoms with Gasteiger partial charge in [-0.2, -0.15) is 4.39 Å². The van der Waals surface area contributed by atoms with Crippen molar-refractivity contribution >= 4 is 17.1 Å². The van der Waals surface area contributed by atoms with Crippen LogP contribution in [0, 0.1) is 36.2 Å². The van der Waals surface area contributed by atoms with Gasteiger partial charge in [0.05, 0.1) is 39.2 Å². The number of ether oxygens (including phenoxy) is 3. The number of hydrogen-bond acceptors (Lipinski definition) is 11. The molecule has 48 heavy (non-hydrogen) atoms. The SMILES string of the molecule is C.C1CCOC1.C[C@@H](O)C[C@@H](C)O.C[C@H](C[C@@H](C)Oc1ccccc1[N+](=O)[O-])Oc1ccccc1[N+](=O)[O-].O=[N+]([O-])c1ccccc1F. The molecule has 1 fully saturated rings. The lowest BCUT2D eigenvalue weighted by Gasteiger charge is -2.20. The van der Waals surface area contributed by atoms with E-state index in [0.717, 1.165) is 25.3 Å². The van der Waals surface area contributed by atoms with Crippen LogP contribution < -0.4 is 9.47 Å². The Labute approximate surface area is 279 Å². The van der Waals surface area contributed by atoms with E-state index in [0.29, 0.717) is 12.8 Å². The van der Waals surface area contributed by atoms with Crippen LogP contribution in [0.5, 0.6) is 11.5 Å². The Balaban J connectivity index is 0.000000778. The van der Waals surface area contributed by atoms with Crippen molar-refractivity contribution in [2.75, 3.05) is 13.2 Å². The standard InChI is InChI=1S/C17H18N2O6.C6H4FNO2.C5H12O2.C4H8O.CH4/c1-12(24-16-9-5-3-7-14(16)18(20)21)11-13(2)25-17-10-6-4-8-15(17)19(22)23;7-5-3-1-2-4-6(5)8(9)10;1-4(6)3-5(2)7;1-2-4-5-3-1;/h3-10,12-13H,11H2,1-2H3;1-4H;4-7H,3H2,1-2H3;1-4H2;1H4/t12-,13-;;4-,5-;;/m1.1../s1. The smallest absolute Gasteiger partial charge is 0.310 e. The summed E-state index contributed by atoms with van der Waals surface area (Å²) in [6.07, 6.45) is 1.93. The van der Waals surface area contributed by atoms with Gasteiger partial charge >= 0.3 is 17.1 Å². The monoisotopic (exact) mass is 679 g/mol. The molecule has 3 aromatic rings. The number of aliphatic hydroxyl groups excluding tert-OH is 2. The molecule has 14 nitrogen and oxygen atoms in total. The van der Waals surface area contributed by atoms with Gasteiger partial charge in [-0.1, -0.05) is 43.8 Å². The second-order valence-electron chi connectivity index (χ2n) is 10.5. The van der Waals surface area contributed by atoms with Crippen LogP contribution in [0.4, 0.5) is 21.5 Å². The van der Waals surface area contributed by atoms with Crippen LogP contribution in [-0.2, 0) is 4.74 Å². The third-order valence-electron chi connectivity index (χ3n) is 6.00. The molecule has 1 aliphatic rings. The highest BCUT2D eigenvalue weighted by atomic mass is 19.1. The first-order valence-electron chi connectivity index (χ1n) is 14.9. The molecule has 2 N–H and O–H groups in total. The van der Waals surface area contributed by atoms with Crippen LogP contribution in [0.2, 0.25) is 0 Å². The van der Waals surface area contributed by atoms with Crippen LogP contribution in [0.1, 0.15) is 60.8 Å². The largest absolute Gasteiger partial charge is 0.484 e. The van der Waals surface area contributed by atoms with Gasteiger partial charge < -0.3 is 24.4 Å². The van der Waals surface area contributed by atoms with Crippen LogP contribution >= 0.6 is 0 Å². The summed E-state index contributed by atoms with van der Waals surface area (Å²) in [5.74, 6) is -0.441. The highest BCUT2D eigenvalue weighted by molar-refractivity contribution is 5.46. The number of aliphatic hydroxyl groups is 2. The molecule has 0 aliphatic carbocycles. The van der Waals surface area contributed by atoms with Gasteiger partial charge in [-0.25, -0.2) is 0 Å². The van der Waals surface area contributed by atoms with Gasteiger partial charge in [-0.3, -0.25) is 30.3 Å². The van der Waals surface area contributed by atoms with Crippen LogP contribution in [0.25, 0.3) is 0 Å². The van der Waals surface area contributed by atoms with E-state index < -0.39 is 26.3 Å². The molecule has 0 unspecified atom stereocenters. The molecule has 0 spiro atoms. The fourth-order valence-electron chi connectivity index (χ4n) is 4.02. The number of nitro groups is 3. The van der Waals surface area contributed by atoms with E-state index in [1.54, 1.807) is 52.0 Å². The van der Waals surface area contributed by atoms with Crippen molar-refractivity contribution < 1.29 is 43.6 Å². The van der Waals surface area contributed by atoms with Gasteiger partial charge in [0.25, 0.3) is 0 Å². The maximum absolute atomic E-state index is 12.4. The van der Waals surface area contributed by atoms with Gasteiger partial charge in [-0.15, -0.1) is 0 Å². The quantitative estimate of drug-likeness (QED) is 0.151. The van der Waals surface area contributed by atoms with E-state index in [4.69, 9.17) is 24.4 Å². The zero-order valence-corrected chi connectivity index (χ0v) is 26.8. The molecule has 0 saturated carbocycles. The Bertz CT molecular complexity index is 1310. The summed E-state index contributed by atoms with van der Waals surface area (Å²) in [5, 5.41) is 49.1. The fraction of sp³-hybridized carbons (Fsp3) is 0.455. The van der Waals surface area contributed by atoms with Gasteiger partial charge in [0.2, 0.25) is 5.82 Å². The topological polar surface area (TPSA) is 198 Å². The number of rotatable bonds is 11. The third kappa shape index (κ3) is 17.8. The fourth-order valence-corrected chi connectivity index (χ4v) is 4.02. The molecule has 1 saturated heterocycles. The van der Waals surface area contributed by atoms with E-state index in [2.05, 4.69) is 0 Å². The van der Waals surface area contributed by atoms with E-state index >= 15 is 0 Å². The minimum absolute atomic E-state index is 0. The maximum atomic E-state index is 12.4. The number of benzene rings is 3. The Morgan fingerprint density at radius 2 is 1.02 bits per heavy atom. The Morgan fingerprint density at radius 1 is 0.667 bits per heavy atom. The third-order valence-corrected chi connectivity index (χ3v) is 6.00. The highest BCUT2D eigenvalue weighted by Gasteiger charge is 2.21. The maximum Gasteiger partial charge on any atom is 0.310 e. The molecule has 0 aromatic heterocycles. The van der Waals surface area contributed by atoms with Gasteiger partial charge in [0.1, 0.15) is 0 Å². The molecular weight excluding hydrogens is 633 g/mol. The predicted octanol–water partition coefficient (Wildman–Crippen LogP) is 7.43. The molecular formula is C33H46FN3O11. The van der Waals surface area contributed by atoms with Crippen molar-refractivity contribution in [1.82, 2.24) is 0 Å². The van der Waals surface area contributed by atoms with Gasteiger partial charge in [0, 0.05) is 37.8 Å². The number of nitrogens with zero attached hydrogens (tertiary/aromatic N) is 3. The van der Waals surface area contributed by atoms with Gasteiger partial charge in [-0.05, 0) is 65.2 Å². The van der Waals surface area contributed by atoms with Crippen molar-refractivity contribution in [3.63, 3.8) is 0 Å². The van der Waals surface area contributed by atoms with E-state index in [-0.39, 0.29) is 54.7 Å². The normalized spacial score (nSPS) is 13.9. The number of para-hydroxylation sites is 5. The van der Waals surface area contributed by atoms with Crippen LogP contribution in [-0.4, -0.2) is 62.6 Å².